The lowest BCUT2D eigenvalue weighted by molar-refractivity contribution is 0.0745. The molecule has 34 heavy (non-hydrogen) atoms. The number of methoxy groups -OCH3 is 1. The number of carbonyl (C=O) groups is 1. The number of thiazole rings is 1. The number of aromatic amines is 1. The number of rotatable bonds is 8. The summed E-state index contributed by atoms with van der Waals surface area (Å²) in [7, 11) is 1.69. The molecule has 2 aromatic heterocycles. The number of aryl methyl sites for hydroxylation is 3. The van der Waals surface area contributed by atoms with Crippen molar-refractivity contribution in [2.75, 3.05) is 20.2 Å². The summed E-state index contributed by atoms with van der Waals surface area (Å²) in [5.41, 5.74) is 6.43. The first-order valence-electron chi connectivity index (χ1n) is 11.9. The Hall–Kier alpha value is -3.12. The van der Waals surface area contributed by atoms with Gasteiger partial charge in [-0.2, -0.15) is 0 Å². The molecule has 0 saturated heterocycles. The number of ether oxygens (including phenoxy) is 1. The molecule has 2 aromatic carbocycles. The number of benzene rings is 2. The van der Waals surface area contributed by atoms with Crippen LogP contribution in [-0.2, 0) is 6.42 Å². The Morgan fingerprint density at radius 2 is 1.97 bits per heavy atom. The van der Waals surface area contributed by atoms with E-state index in [2.05, 4.69) is 49.3 Å². The molecule has 176 valence electrons. The maximum absolute atomic E-state index is 13.8. The van der Waals surface area contributed by atoms with Crippen LogP contribution >= 0.6 is 11.3 Å². The van der Waals surface area contributed by atoms with E-state index in [1.807, 2.05) is 24.0 Å². The molecule has 1 saturated carbocycles. The molecule has 1 amide bonds. The minimum atomic E-state index is 0.0434. The average molecular weight is 474 g/mol. The van der Waals surface area contributed by atoms with Crippen LogP contribution in [0, 0.1) is 26.7 Å². The first-order valence-corrected chi connectivity index (χ1v) is 12.7. The highest BCUT2D eigenvalue weighted by Gasteiger charge is 2.30. The molecule has 6 heteroatoms. The Morgan fingerprint density at radius 1 is 1.15 bits per heavy atom. The highest BCUT2D eigenvalue weighted by Crippen LogP contribution is 2.34. The quantitative estimate of drug-likeness (QED) is 0.326. The first kappa shape index (κ1) is 22.7. The zero-order valence-corrected chi connectivity index (χ0v) is 21.1. The Labute approximate surface area is 204 Å². The smallest absolute Gasteiger partial charge is 0.274 e. The number of hydrogen-bond donors (Lipinski definition) is 1. The second-order valence-corrected chi connectivity index (χ2v) is 10.6. The largest absolute Gasteiger partial charge is 0.497 e. The second-order valence-electron chi connectivity index (χ2n) is 9.38. The van der Waals surface area contributed by atoms with Gasteiger partial charge in [-0.3, -0.25) is 4.79 Å². The van der Waals surface area contributed by atoms with Crippen molar-refractivity contribution in [1.29, 1.82) is 0 Å². The van der Waals surface area contributed by atoms with E-state index < -0.39 is 0 Å². The van der Waals surface area contributed by atoms with Crippen LogP contribution in [0.25, 0.3) is 21.3 Å². The van der Waals surface area contributed by atoms with Crippen LogP contribution in [0.3, 0.4) is 0 Å². The van der Waals surface area contributed by atoms with E-state index in [1.165, 1.54) is 29.5 Å². The van der Waals surface area contributed by atoms with Crippen molar-refractivity contribution in [3.63, 3.8) is 0 Å². The van der Waals surface area contributed by atoms with Crippen LogP contribution in [0.2, 0.25) is 0 Å². The highest BCUT2D eigenvalue weighted by atomic mass is 32.1. The van der Waals surface area contributed by atoms with Gasteiger partial charge in [0.25, 0.3) is 5.91 Å². The zero-order chi connectivity index (χ0) is 23.8. The molecule has 1 N–H and O–H groups in total. The number of hydrogen-bond acceptors (Lipinski definition) is 4. The van der Waals surface area contributed by atoms with Gasteiger partial charge in [0, 0.05) is 30.2 Å². The van der Waals surface area contributed by atoms with Gasteiger partial charge in [0.05, 0.1) is 17.0 Å². The van der Waals surface area contributed by atoms with Crippen molar-refractivity contribution in [3.8, 4) is 16.2 Å². The fourth-order valence-corrected chi connectivity index (χ4v) is 5.34. The Morgan fingerprint density at radius 3 is 2.71 bits per heavy atom. The molecule has 0 aliphatic heterocycles. The summed E-state index contributed by atoms with van der Waals surface area (Å²) in [6, 6.07) is 12.5. The molecule has 5 rings (SSSR count). The molecule has 0 bridgehead atoms. The summed E-state index contributed by atoms with van der Waals surface area (Å²) in [6.45, 7) is 7.68. The predicted molar refractivity (Wildman–Crippen MR) is 139 cm³/mol. The maximum Gasteiger partial charge on any atom is 0.274 e. The van der Waals surface area contributed by atoms with E-state index >= 15 is 0 Å². The number of amides is 1. The molecule has 4 aromatic rings. The summed E-state index contributed by atoms with van der Waals surface area (Å²) in [5.74, 6) is 1.49. The number of H-pyrrole nitrogens is 1. The molecular weight excluding hydrogens is 442 g/mol. The van der Waals surface area contributed by atoms with Crippen LogP contribution in [0.1, 0.15) is 45.0 Å². The van der Waals surface area contributed by atoms with Gasteiger partial charge in [-0.15, -0.1) is 11.3 Å². The molecule has 0 unspecified atom stereocenters. The molecule has 1 aliphatic carbocycles. The van der Waals surface area contributed by atoms with Crippen molar-refractivity contribution in [1.82, 2.24) is 14.9 Å². The van der Waals surface area contributed by atoms with Gasteiger partial charge < -0.3 is 14.6 Å². The summed E-state index contributed by atoms with van der Waals surface area (Å²) < 4.78 is 5.42. The van der Waals surface area contributed by atoms with Gasteiger partial charge >= 0.3 is 0 Å². The minimum absolute atomic E-state index is 0.0434. The number of aromatic nitrogens is 2. The van der Waals surface area contributed by atoms with Crippen LogP contribution < -0.4 is 4.74 Å². The molecule has 0 spiro atoms. The lowest BCUT2D eigenvalue weighted by atomic mass is 10.0. The Bertz CT molecular complexity index is 1350. The van der Waals surface area contributed by atoms with Crippen molar-refractivity contribution >= 4 is 28.1 Å². The molecule has 1 aliphatic rings. The molecular formula is C28H31N3O2S. The fourth-order valence-electron chi connectivity index (χ4n) is 4.43. The van der Waals surface area contributed by atoms with Gasteiger partial charge in [-0.1, -0.05) is 18.2 Å². The van der Waals surface area contributed by atoms with Gasteiger partial charge in [0.15, 0.2) is 0 Å². The van der Waals surface area contributed by atoms with Crippen molar-refractivity contribution in [2.24, 2.45) is 5.92 Å². The van der Waals surface area contributed by atoms with Crippen molar-refractivity contribution < 1.29 is 9.53 Å². The normalized spacial score (nSPS) is 13.4. The number of nitrogens with one attached hydrogen (secondary N) is 1. The van der Waals surface area contributed by atoms with Crippen LogP contribution in [0.15, 0.2) is 42.6 Å². The SMILES string of the molecule is COc1ccc2[nH]cc(CCN(CC3CC3)C(=O)c3nc(C)sc3-c3ccc(C)c(C)c3)c2c1. The summed E-state index contributed by atoms with van der Waals surface area (Å²) in [5, 5.41) is 2.07. The average Bonchev–Trinajstić information content (AvgIpc) is 3.44. The van der Waals surface area contributed by atoms with E-state index in [4.69, 9.17) is 9.72 Å². The minimum Gasteiger partial charge on any atom is -0.497 e. The first-order chi connectivity index (χ1) is 16.4. The third-order valence-corrected chi connectivity index (χ3v) is 7.81. The van der Waals surface area contributed by atoms with Crippen molar-refractivity contribution in [2.45, 2.75) is 40.0 Å². The van der Waals surface area contributed by atoms with E-state index in [1.54, 1.807) is 18.4 Å². The van der Waals surface area contributed by atoms with E-state index in [0.29, 0.717) is 18.2 Å². The summed E-state index contributed by atoms with van der Waals surface area (Å²) in [6.07, 6.45) is 5.24. The van der Waals surface area contributed by atoms with Gasteiger partial charge in [-0.25, -0.2) is 4.98 Å². The summed E-state index contributed by atoms with van der Waals surface area (Å²) in [4.78, 5) is 24.9. The van der Waals surface area contributed by atoms with Gasteiger partial charge in [0.2, 0.25) is 0 Å². The van der Waals surface area contributed by atoms with Crippen LogP contribution in [0.4, 0.5) is 0 Å². The number of carbonyl (C=O) groups excluding carboxylic acids is 1. The molecule has 0 atom stereocenters. The molecule has 5 nitrogen and oxygen atoms in total. The maximum atomic E-state index is 13.8. The standard InChI is InChI=1S/C28H31N3O2S/c1-17-5-8-21(13-18(17)2)27-26(30-19(3)34-27)28(32)31(16-20-6-7-20)12-11-22-15-29-25-10-9-23(33-4)14-24(22)25/h5,8-10,13-15,20,29H,6-7,11-12,16H2,1-4H3. The van der Waals surface area contributed by atoms with E-state index in [9.17, 15) is 4.79 Å². The fraction of sp³-hybridized carbons (Fsp3) is 0.357. The third kappa shape index (κ3) is 4.60. The second kappa shape index (κ2) is 9.26. The topological polar surface area (TPSA) is 58.2 Å². The number of fused-ring (bicyclic) bond motifs is 1. The number of nitrogens with zero attached hydrogens (tertiary/aromatic N) is 2. The highest BCUT2D eigenvalue weighted by molar-refractivity contribution is 7.15. The molecule has 2 heterocycles. The monoisotopic (exact) mass is 473 g/mol. The van der Waals surface area contributed by atoms with Crippen LogP contribution in [-0.4, -0.2) is 41.0 Å². The Kier molecular flexibility index (Phi) is 6.17. The predicted octanol–water partition coefficient (Wildman–Crippen LogP) is 6.32. The third-order valence-electron chi connectivity index (χ3n) is 6.79. The van der Waals surface area contributed by atoms with Gasteiger partial charge in [0.1, 0.15) is 11.4 Å². The molecule has 1 fully saturated rings. The molecule has 0 radical (unpaired) electrons. The lowest BCUT2D eigenvalue weighted by Crippen LogP contribution is -2.35. The van der Waals surface area contributed by atoms with Crippen LogP contribution in [0.5, 0.6) is 5.75 Å². The van der Waals surface area contributed by atoms with Crippen molar-refractivity contribution in [3.05, 3.63) is 70.0 Å². The Balaban J connectivity index is 1.42. The zero-order valence-electron chi connectivity index (χ0n) is 20.3. The van der Waals surface area contributed by atoms with Gasteiger partial charge in [-0.05, 0) is 86.4 Å². The lowest BCUT2D eigenvalue weighted by Gasteiger charge is -2.22. The van der Waals surface area contributed by atoms with E-state index in [0.717, 1.165) is 45.1 Å². The summed E-state index contributed by atoms with van der Waals surface area (Å²) >= 11 is 1.61. The van der Waals surface area contributed by atoms with E-state index in [-0.39, 0.29) is 5.91 Å².